The number of likely N-dealkylation sites (tertiary alicyclic amines) is 1. The minimum atomic E-state index is -0.0398. The lowest BCUT2D eigenvalue weighted by atomic mass is 9.88. The summed E-state index contributed by atoms with van der Waals surface area (Å²) in [5.74, 6) is 2.85. The largest absolute Gasteiger partial charge is 0.332 e. The molecule has 6 heteroatoms. The maximum Gasteiger partial charge on any atom is 0.228 e. The molecule has 6 nitrogen and oxygen atoms in total. The van der Waals surface area contributed by atoms with E-state index in [1.54, 1.807) is 0 Å². The van der Waals surface area contributed by atoms with Crippen LogP contribution in [-0.4, -0.2) is 39.8 Å². The van der Waals surface area contributed by atoms with Crippen LogP contribution in [0.5, 0.6) is 0 Å². The van der Waals surface area contributed by atoms with Crippen molar-refractivity contribution in [1.29, 1.82) is 0 Å². The Bertz CT molecular complexity index is 858. The second-order valence-electron chi connectivity index (χ2n) is 10.5. The van der Waals surface area contributed by atoms with Gasteiger partial charge in [-0.15, -0.1) is 0 Å². The van der Waals surface area contributed by atoms with E-state index in [9.17, 15) is 9.59 Å². The Balaban J connectivity index is 1.42. The highest BCUT2D eigenvalue weighted by molar-refractivity contribution is 5.95. The summed E-state index contributed by atoms with van der Waals surface area (Å²) in [7, 11) is 0. The van der Waals surface area contributed by atoms with Gasteiger partial charge >= 0.3 is 0 Å². The number of aromatic nitrogens is 2. The summed E-state index contributed by atoms with van der Waals surface area (Å²) in [6, 6.07) is -0.0398. The highest BCUT2D eigenvalue weighted by Gasteiger charge is 2.38. The molecule has 0 N–H and O–H groups in total. The molecule has 3 fully saturated rings. The van der Waals surface area contributed by atoms with Crippen molar-refractivity contribution in [2.24, 2.45) is 11.8 Å². The zero-order valence-electron chi connectivity index (χ0n) is 19.7. The van der Waals surface area contributed by atoms with Crippen LogP contribution in [-0.2, 0) is 16.0 Å². The summed E-state index contributed by atoms with van der Waals surface area (Å²) in [6.45, 7) is 3.65. The van der Waals surface area contributed by atoms with Crippen molar-refractivity contribution in [3.05, 3.63) is 17.1 Å². The molecule has 4 aliphatic rings. The van der Waals surface area contributed by atoms with Crippen LogP contribution in [0.25, 0.3) is 0 Å². The quantitative estimate of drug-likeness (QED) is 0.671. The van der Waals surface area contributed by atoms with Gasteiger partial charge in [-0.25, -0.2) is 9.97 Å². The maximum absolute atomic E-state index is 13.3. The predicted octanol–water partition coefficient (Wildman–Crippen LogP) is 4.89. The van der Waals surface area contributed by atoms with E-state index >= 15 is 0 Å². The van der Waals surface area contributed by atoms with Crippen LogP contribution in [0.2, 0.25) is 0 Å². The first-order chi connectivity index (χ1) is 15.6. The van der Waals surface area contributed by atoms with Crippen molar-refractivity contribution in [1.82, 2.24) is 14.9 Å². The van der Waals surface area contributed by atoms with Gasteiger partial charge in [0, 0.05) is 36.7 Å². The molecule has 0 unspecified atom stereocenters. The number of fused-ring (bicyclic) bond motifs is 1. The van der Waals surface area contributed by atoms with E-state index in [2.05, 4.69) is 11.8 Å². The Morgan fingerprint density at radius 1 is 0.906 bits per heavy atom. The van der Waals surface area contributed by atoms with Gasteiger partial charge in [0.05, 0.1) is 6.04 Å². The average molecular weight is 439 g/mol. The topological polar surface area (TPSA) is 66.4 Å². The van der Waals surface area contributed by atoms with Gasteiger partial charge in [-0.05, 0) is 57.8 Å². The lowest BCUT2D eigenvalue weighted by Crippen LogP contribution is -2.41. The Morgan fingerprint density at radius 2 is 1.62 bits per heavy atom. The molecule has 5 rings (SSSR count). The molecule has 174 valence electrons. The molecular formula is C26H38N4O2. The van der Waals surface area contributed by atoms with Crippen LogP contribution < -0.4 is 4.90 Å². The number of hydrogen-bond donors (Lipinski definition) is 0. The van der Waals surface area contributed by atoms with E-state index in [0.29, 0.717) is 18.2 Å². The monoisotopic (exact) mass is 438 g/mol. The molecular weight excluding hydrogens is 400 g/mol. The normalized spacial score (nSPS) is 25.3. The third-order valence-corrected chi connectivity index (χ3v) is 8.31. The molecule has 2 aliphatic heterocycles. The number of carbonyl (C=O) groups is 2. The second kappa shape index (κ2) is 9.48. The third-order valence-electron chi connectivity index (χ3n) is 8.31. The van der Waals surface area contributed by atoms with E-state index in [0.717, 1.165) is 68.1 Å². The van der Waals surface area contributed by atoms with Crippen molar-refractivity contribution in [3.8, 4) is 0 Å². The minimum absolute atomic E-state index is 0.0398. The Morgan fingerprint density at radius 3 is 2.38 bits per heavy atom. The molecule has 0 radical (unpaired) electrons. The lowest BCUT2D eigenvalue weighted by molar-refractivity contribution is -0.137. The third kappa shape index (κ3) is 4.29. The molecule has 2 aliphatic carbocycles. The fraction of sp³-hybridized carbons (Fsp3) is 0.769. The average Bonchev–Trinajstić information content (AvgIpc) is 3.31. The fourth-order valence-electron chi connectivity index (χ4n) is 6.45. The van der Waals surface area contributed by atoms with Gasteiger partial charge in [0.15, 0.2) is 5.82 Å². The van der Waals surface area contributed by atoms with Crippen LogP contribution in [0.4, 0.5) is 5.82 Å². The number of hydrogen-bond acceptors (Lipinski definition) is 4. The first-order valence-corrected chi connectivity index (χ1v) is 13.1. The zero-order valence-corrected chi connectivity index (χ0v) is 19.7. The van der Waals surface area contributed by atoms with E-state index in [4.69, 9.17) is 9.97 Å². The molecule has 0 aromatic carbocycles. The van der Waals surface area contributed by atoms with Gasteiger partial charge in [-0.2, -0.15) is 0 Å². The first-order valence-electron chi connectivity index (χ1n) is 13.1. The number of rotatable bonds is 4. The van der Waals surface area contributed by atoms with Gasteiger partial charge in [0.2, 0.25) is 11.8 Å². The van der Waals surface area contributed by atoms with Crippen LogP contribution in [0.15, 0.2) is 0 Å². The Hall–Kier alpha value is -1.98. The van der Waals surface area contributed by atoms with Crippen molar-refractivity contribution < 1.29 is 9.59 Å². The van der Waals surface area contributed by atoms with Gasteiger partial charge in [0.1, 0.15) is 5.82 Å². The van der Waals surface area contributed by atoms with Crippen LogP contribution in [0.3, 0.4) is 0 Å². The smallest absolute Gasteiger partial charge is 0.228 e. The summed E-state index contributed by atoms with van der Waals surface area (Å²) >= 11 is 0. The Kier molecular flexibility index (Phi) is 6.47. The second-order valence-corrected chi connectivity index (χ2v) is 10.5. The zero-order chi connectivity index (χ0) is 22.1. The molecule has 2 saturated carbocycles. The van der Waals surface area contributed by atoms with Crippen molar-refractivity contribution in [2.45, 2.75) is 103 Å². The van der Waals surface area contributed by atoms with Gasteiger partial charge in [-0.3, -0.25) is 14.5 Å². The van der Waals surface area contributed by atoms with E-state index in [1.807, 2.05) is 4.90 Å². The summed E-state index contributed by atoms with van der Waals surface area (Å²) in [5, 5.41) is 0. The summed E-state index contributed by atoms with van der Waals surface area (Å²) in [5.41, 5.74) is 2.12. The highest BCUT2D eigenvalue weighted by atomic mass is 16.2. The Labute approximate surface area is 192 Å². The molecule has 1 aromatic rings. The standard InChI is InChI=1S/C26H38N4O2/c1-18-21-14-15-23(31)30(17-19-9-4-2-5-10-19)25(21)28-24(27-18)22-13-8-16-29(22)26(32)20-11-6-3-7-12-20/h19-20,22H,2-17H2,1H3/t22-/m1/s1. The van der Waals surface area contributed by atoms with Crippen molar-refractivity contribution in [2.75, 3.05) is 18.0 Å². The van der Waals surface area contributed by atoms with Crippen molar-refractivity contribution >= 4 is 17.6 Å². The van der Waals surface area contributed by atoms with Gasteiger partial charge in [-0.1, -0.05) is 38.5 Å². The lowest BCUT2D eigenvalue weighted by Gasteiger charge is -2.34. The van der Waals surface area contributed by atoms with Crippen molar-refractivity contribution in [3.63, 3.8) is 0 Å². The first kappa shape index (κ1) is 21.8. The molecule has 2 amide bonds. The van der Waals surface area contributed by atoms with Crippen LogP contribution in [0, 0.1) is 18.8 Å². The summed E-state index contributed by atoms with van der Waals surface area (Å²) < 4.78 is 0. The molecule has 0 bridgehead atoms. The van der Waals surface area contributed by atoms with Gasteiger partial charge < -0.3 is 4.90 Å². The summed E-state index contributed by atoms with van der Waals surface area (Å²) in [6.07, 6.45) is 15.1. The molecule has 32 heavy (non-hydrogen) atoms. The van der Waals surface area contributed by atoms with E-state index < -0.39 is 0 Å². The summed E-state index contributed by atoms with van der Waals surface area (Å²) in [4.78, 5) is 40.3. The number of anilines is 1. The number of carbonyl (C=O) groups excluding carboxylic acids is 2. The van der Waals surface area contributed by atoms with E-state index in [1.165, 1.54) is 51.4 Å². The number of aryl methyl sites for hydroxylation is 1. The molecule has 3 heterocycles. The van der Waals surface area contributed by atoms with E-state index in [-0.39, 0.29) is 17.9 Å². The minimum Gasteiger partial charge on any atom is -0.332 e. The van der Waals surface area contributed by atoms with Crippen LogP contribution in [0.1, 0.15) is 107 Å². The SMILES string of the molecule is Cc1nc([C@H]2CCCN2C(=O)C2CCCCC2)nc2c1CCC(=O)N2CC1CCCCC1. The fourth-order valence-corrected chi connectivity index (χ4v) is 6.45. The molecule has 1 atom stereocenters. The van der Waals surface area contributed by atoms with Gasteiger partial charge in [0.25, 0.3) is 0 Å². The molecule has 1 saturated heterocycles. The number of amides is 2. The maximum atomic E-state index is 13.3. The molecule has 1 aromatic heterocycles. The number of nitrogens with zero attached hydrogens (tertiary/aromatic N) is 4. The molecule has 0 spiro atoms. The highest BCUT2D eigenvalue weighted by Crippen LogP contribution is 2.37. The predicted molar refractivity (Wildman–Crippen MR) is 124 cm³/mol. The van der Waals surface area contributed by atoms with Crippen LogP contribution >= 0.6 is 0 Å².